The van der Waals surface area contributed by atoms with Crippen molar-refractivity contribution in [2.45, 2.75) is 32.6 Å². The average Bonchev–Trinajstić information content (AvgIpc) is 2.75. The molecule has 0 radical (unpaired) electrons. The van der Waals surface area contributed by atoms with Crippen LogP contribution in [0.25, 0.3) is 0 Å². The molecule has 0 atom stereocenters. The number of amides is 1. The van der Waals surface area contributed by atoms with Gasteiger partial charge in [-0.2, -0.15) is 0 Å². The fraction of sp³-hybridized carbons (Fsp3) is 0.462. The van der Waals surface area contributed by atoms with Gasteiger partial charge in [-0.25, -0.2) is 0 Å². The molecular weight excluding hydrogens is 202 g/mol. The summed E-state index contributed by atoms with van der Waals surface area (Å²) in [5.41, 5.74) is 1.70. The Morgan fingerprint density at radius 1 is 1.38 bits per heavy atom. The normalized spacial score (nSPS) is 16.3. The van der Waals surface area contributed by atoms with Crippen LogP contribution in [-0.4, -0.2) is 11.0 Å². The first-order chi connectivity index (χ1) is 7.66. The monoisotopic (exact) mass is 219 g/mol. The highest BCUT2D eigenvalue weighted by Gasteiger charge is 2.22. The smallest absolute Gasteiger partial charge is 0.227 e. The van der Waals surface area contributed by atoms with E-state index in [4.69, 9.17) is 0 Å². The van der Waals surface area contributed by atoms with E-state index in [1.807, 2.05) is 6.92 Å². The number of phenols is 1. The molecule has 1 aliphatic rings. The molecule has 1 amide bonds. The number of aromatic hydroxyl groups is 1. The molecule has 1 fully saturated rings. The van der Waals surface area contributed by atoms with Crippen LogP contribution in [0.2, 0.25) is 0 Å². The summed E-state index contributed by atoms with van der Waals surface area (Å²) in [7, 11) is 0. The van der Waals surface area contributed by atoms with E-state index in [0.29, 0.717) is 0 Å². The highest BCUT2D eigenvalue weighted by Crippen LogP contribution is 2.27. The minimum atomic E-state index is 0.117. The van der Waals surface area contributed by atoms with E-state index in [9.17, 15) is 9.90 Å². The van der Waals surface area contributed by atoms with Crippen LogP contribution in [0.3, 0.4) is 0 Å². The predicted octanol–water partition coefficient (Wildman–Crippen LogP) is 2.83. The summed E-state index contributed by atoms with van der Waals surface area (Å²) in [5.74, 6) is 0.524. The van der Waals surface area contributed by atoms with E-state index in [0.717, 1.165) is 36.9 Å². The summed E-state index contributed by atoms with van der Waals surface area (Å²) in [6.07, 6.45) is 4.32. The van der Waals surface area contributed by atoms with Crippen LogP contribution in [0.5, 0.6) is 5.75 Å². The Morgan fingerprint density at radius 2 is 2.06 bits per heavy atom. The highest BCUT2D eigenvalue weighted by atomic mass is 16.3. The molecule has 0 heterocycles. The zero-order chi connectivity index (χ0) is 11.5. The third-order valence-electron chi connectivity index (χ3n) is 3.19. The molecule has 3 nitrogen and oxygen atoms in total. The van der Waals surface area contributed by atoms with Gasteiger partial charge in [0.1, 0.15) is 5.75 Å². The molecule has 0 unspecified atom stereocenters. The molecule has 0 aromatic heterocycles. The molecule has 1 saturated carbocycles. The molecular formula is C13H17NO2. The predicted molar refractivity (Wildman–Crippen MR) is 63.4 cm³/mol. The van der Waals surface area contributed by atoms with Gasteiger partial charge in [0.15, 0.2) is 0 Å². The molecule has 2 N–H and O–H groups in total. The first-order valence-corrected chi connectivity index (χ1v) is 5.77. The lowest BCUT2D eigenvalue weighted by atomic mass is 10.1. The third kappa shape index (κ3) is 2.35. The van der Waals surface area contributed by atoms with E-state index < -0.39 is 0 Å². The topological polar surface area (TPSA) is 49.3 Å². The molecule has 86 valence electrons. The van der Waals surface area contributed by atoms with Crippen molar-refractivity contribution in [3.63, 3.8) is 0 Å². The Morgan fingerprint density at radius 3 is 2.69 bits per heavy atom. The van der Waals surface area contributed by atoms with E-state index >= 15 is 0 Å². The minimum Gasteiger partial charge on any atom is -0.508 e. The molecule has 0 aliphatic heterocycles. The quantitative estimate of drug-likeness (QED) is 0.751. The van der Waals surface area contributed by atoms with Gasteiger partial charge in [-0.3, -0.25) is 4.79 Å². The zero-order valence-electron chi connectivity index (χ0n) is 9.49. The zero-order valence-corrected chi connectivity index (χ0v) is 9.49. The molecule has 1 aliphatic carbocycles. The fourth-order valence-electron chi connectivity index (χ4n) is 2.21. The Kier molecular flexibility index (Phi) is 3.13. The maximum Gasteiger partial charge on any atom is 0.227 e. The van der Waals surface area contributed by atoms with Crippen LogP contribution in [0.1, 0.15) is 31.2 Å². The van der Waals surface area contributed by atoms with Gasteiger partial charge < -0.3 is 10.4 Å². The summed E-state index contributed by atoms with van der Waals surface area (Å²) in [6, 6.07) is 5.00. The Balaban J connectivity index is 2.05. The summed E-state index contributed by atoms with van der Waals surface area (Å²) in [6.45, 7) is 1.88. The lowest BCUT2D eigenvalue weighted by molar-refractivity contribution is -0.119. The standard InChI is InChI=1S/C13H17NO2/c1-9-8-11(15)6-7-12(9)14-13(16)10-4-2-3-5-10/h6-8,10,15H,2-5H2,1H3,(H,14,16). The van der Waals surface area contributed by atoms with Crippen LogP contribution in [0.4, 0.5) is 5.69 Å². The first-order valence-electron chi connectivity index (χ1n) is 5.77. The van der Waals surface area contributed by atoms with E-state index in [1.165, 1.54) is 0 Å². The fourth-order valence-corrected chi connectivity index (χ4v) is 2.21. The molecule has 16 heavy (non-hydrogen) atoms. The largest absolute Gasteiger partial charge is 0.508 e. The van der Waals surface area contributed by atoms with E-state index in [-0.39, 0.29) is 17.6 Å². The van der Waals surface area contributed by atoms with Crippen LogP contribution in [0, 0.1) is 12.8 Å². The number of hydrogen-bond donors (Lipinski definition) is 2. The van der Waals surface area contributed by atoms with E-state index in [1.54, 1.807) is 18.2 Å². The van der Waals surface area contributed by atoms with Crippen molar-refractivity contribution in [1.82, 2.24) is 0 Å². The van der Waals surface area contributed by atoms with Crippen molar-refractivity contribution < 1.29 is 9.90 Å². The lowest BCUT2D eigenvalue weighted by Gasteiger charge is -2.12. The van der Waals surface area contributed by atoms with Gasteiger partial charge in [-0.1, -0.05) is 12.8 Å². The summed E-state index contributed by atoms with van der Waals surface area (Å²) >= 11 is 0. The number of carbonyl (C=O) groups excluding carboxylic acids is 1. The maximum atomic E-state index is 11.9. The second-order valence-corrected chi connectivity index (χ2v) is 4.47. The number of aryl methyl sites for hydroxylation is 1. The molecule has 2 rings (SSSR count). The van der Waals surface area contributed by atoms with Crippen LogP contribution >= 0.6 is 0 Å². The Labute approximate surface area is 95.5 Å². The summed E-state index contributed by atoms with van der Waals surface area (Å²) in [4.78, 5) is 11.9. The van der Waals surface area contributed by atoms with E-state index in [2.05, 4.69) is 5.32 Å². The van der Waals surface area contributed by atoms with Crippen LogP contribution in [0.15, 0.2) is 18.2 Å². The maximum absolute atomic E-state index is 11.9. The van der Waals surface area contributed by atoms with Crippen molar-refractivity contribution in [1.29, 1.82) is 0 Å². The van der Waals surface area contributed by atoms with Gasteiger partial charge >= 0.3 is 0 Å². The molecule has 0 saturated heterocycles. The van der Waals surface area contributed by atoms with Gasteiger partial charge in [0.05, 0.1) is 0 Å². The van der Waals surface area contributed by atoms with Crippen molar-refractivity contribution in [2.24, 2.45) is 5.92 Å². The Hall–Kier alpha value is -1.51. The third-order valence-corrected chi connectivity index (χ3v) is 3.19. The number of nitrogens with one attached hydrogen (secondary N) is 1. The average molecular weight is 219 g/mol. The van der Waals surface area contributed by atoms with Crippen molar-refractivity contribution in [3.05, 3.63) is 23.8 Å². The molecule has 1 aromatic carbocycles. The number of benzene rings is 1. The summed E-state index contributed by atoms with van der Waals surface area (Å²) in [5, 5.41) is 12.2. The summed E-state index contributed by atoms with van der Waals surface area (Å²) < 4.78 is 0. The second-order valence-electron chi connectivity index (χ2n) is 4.47. The number of anilines is 1. The molecule has 1 aromatic rings. The molecule has 0 spiro atoms. The minimum absolute atomic E-state index is 0.117. The van der Waals surface area contributed by atoms with Gasteiger partial charge in [-0.15, -0.1) is 0 Å². The lowest BCUT2D eigenvalue weighted by Crippen LogP contribution is -2.20. The number of carbonyl (C=O) groups is 1. The number of rotatable bonds is 2. The number of phenolic OH excluding ortho intramolecular Hbond substituents is 1. The van der Waals surface area contributed by atoms with Gasteiger partial charge in [0.25, 0.3) is 0 Å². The number of hydrogen-bond acceptors (Lipinski definition) is 2. The van der Waals surface area contributed by atoms with Crippen molar-refractivity contribution in [2.75, 3.05) is 5.32 Å². The van der Waals surface area contributed by atoms with Gasteiger partial charge in [0.2, 0.25) is 5.91 Å². The van der Waals surface area contributed by atoms with Crippen LogP contribution in [-0.2, 0) is 4.79 Å². The first kappa shape index (κ1) is 11.0. The van der Waals surface area contributed by atoms with Crippen molar-refractivity contribution in [3.8, 4) is 5.75 Å². The van der Waals surface area contributed by atoms with Gasteiger partial charge in [-0.05, 0) is 43.5 Å². The van der Waals surface area contributed by atoms with Crippen molar-refractivity contribution >= 4 is 11.6 Å². The van der Waals surface area contributed by atoms with Crippen LogP contribution < -0.4 is 5.32 Å². The van der Waals surface area contributed by atoms with Gasteiger partial charge in [0, 0.05) is 11.6 Å². The molecule has 0 bridgehead atoms. The highest BCUT2D eigenvalue weighted by molar-refractivity contribution is 5.93. The SMILES string of the molecule is Cc1cc(O)ccc1NC(=O)C1CCCC1. The molecule has 3 heteroatoms. The second kappa shape index (κ2) is 4.56. The Bertz CT molecular complexity index is 395.